The third-order valence-electron chi connectivity index (χ3n) is 7.66. The summed E-state index contributed by atoms with van der Waals surface area (Å²) in [5.74, 6) is 0. The molecule has 2 nitrogen and oxygen atoms in total. The highest BCUT2D eigenvalue weighted by atomic mass is 16.3. The first-order chi connectivity index (χ1) is 18.5. The lowest BCUT2D eigenvalue weighted by Gasteiger charge is -2.18. The van der Waals surface area contributed by atoms with Gasteiger partial charge in [0.25, 0.3) is 0 Å². The van der Waals surface area contributed by atoms with E-state index in [0.717, 1.165) is 38.5 Å². The first-order valence-electron chi connectivity index (χ1n) is 13.0. The molecule has 0 aliphatic carbocycles. The zero-order valence-electron chi connectivity index (χ0n) is 21.4. The van der Waals surface area contributed by atoms with Crippen LogP contribution in [0.5, 0.6) is 0 Å². The van der Waals surface area contributed by atoms with Crippen LogP contribution in [0.2, 0.25) is 0 Å². The van der Waals surface area contributed by atoms with Gasteiger partial charge in [0.15, 0.2) is 0 Å². The average molecular weight is 490 g/mol. The fourth-order valence-electron chi connectivity index (χ4n) is 5.62. The predicted molar refractivity (Wildman–Crippen MR) is 160 cm³/mol. The lowest BCUT2D eigenvalue weighted by Crippen LogP contribution is -2.14. The molecule has 6 aromatic carbocycles. The number of aliphatic hydroxyl groups is 1. The highest BCUT2D eigenvalue weighted by Gasteiger charge is 2.17. The Kier molecular flexibility index (Phi) is 5.07. The molecule has 0 atom stereocenters. The van der Waals surface area contributed by atoms with Crippen LogP contribution in [0.1, 0.15) is 19.4 Å². The Hall–Kier alpha value is -4.53. The van der Waals surface area contributed by atoms with Crippen molar-refractivity contribution in [1.29, 1.82) is 0 Å². The molecule has 182 valence electrons. The van der Waals surface area contributed by atoms with Crippen molar-refractivity contribution in [3.05, 3.63) is 127 Å². The molecule has 1 heterocycles. The van der Waals surface area contributed by atoms with E-state index in [9.17, 15) is 5.11 Å². The molecule has 0 aliphatic rings. The smallest absolute Gasteiger partial charge is 0.0840 e. The zero-order chi connectivity index (χ0) is 25.9. The van der Waals surface area contributed by atoms with Crippen molar-refractivity contribution in [3.63, 3.8) is 0 Å². The Morgan fingerprint density at radius 1 is 0.474 bits per heavy atom. The van der Waals surface area contributed by atoms with E-state index in [2.05, 4.69) is 109 Å². The fourth-order valence-corrected chi connectivity index (χ4v) is 5.62. The largest absolute Gasteiger partial charge is 0.386 e. The van der Waals surface area contributed by atoms with Crippen LogP contribution in [0.25, 0.3) is 65.6 Å². The van der Waals surface area contributed by atoms with Gasteiger partial charge in [-0.25, -0.2) is 4.98 Å². The summed E-state index contributed by atoms with van der Waals surface area (Å²) >= 11 is 0. The topological polar surface area (TPSA) is 33.1 Å². The van der Waals surface area contributed by atoms with Crippen LogP contribution in [0.3, 0.4) is 0 Å². The molecule has 0 fully saturated rings. The van der Waals surface area contributed by atoms with Crippen molar-refractivity contribution in [1.82, 2.24) is 4.98 Å². The summed E-state index contributed by atoms with van der Waals surface area (Å²) in [6.07, 6.45) is 0. The van der Waals surface area contributed by atoms with Crippen molar-refractivity contribution in [3.8, 4) is 22.3 Å². The summed E-state index contributed by atoms with van der Waals surface area (Å²) in [5, 5.41) is 17.4. The lowest BCUT2D eigenvalue weighted by molar-refractivity contribution is 0.0786. The van der Waals surface area contributed by atoms with E-state index >= 15 is 0 Å². The van der Waals surface area contributed by atoms with Gasteiger partial charge in [-0.1, -0.05) is 121 Å². The van der Waals surface area contributed by atoms with Crippen LogP contribution in [-0.2, 0) is 5.60 Å². The van der Waals surface area contributed by atoms with Crippen LogP contribution >= 0.6 is 0 Å². The maximum atomic E-state index is 10.3. The molecule has 0 radical (unpaired) electrons. The molecule has 0 saturated heterocycles. The number of pyridine rings is 1. The Balaban J connectivity index is 1.47. The molecule has 7 aromatic rings. The molecule has 2 heteroatoms. The summed E-state index contributed by atoms with van der Waals surface area (Å²) in [4.78, 5) is 5.29. The number of aromatic nitrogens is 1. The maximum absolute atomic E-state index is 10.3. The Morgan fingerprint density at radius 3 is 1.42 bits per heavy atom. The van der Waals surface area contributed by atoms with Gasteiger partial charge in [0, 0.05) is 27.1 Å². The van der Waals surface area contributed by atoms with Crippen molar-refractivity contribution in [2.45, 2.75) is 19.4 Å². The molecule has 0 bridgehead atoms. The Morgan fingerprint density at radius 2 is 0.921 bits per heavy atom. The van der Waals surface area contributed by atoms with Gasteiger partial charge in [-0.15, -0.1) is 0 Å². The first-order valence-corrected chi connectivity index (χ1v) is 13.0. The molecule has 0 amide bonds. The standard InChI is InChI=1S/C36H27NO/c1-36(2,38)28-19-15-24(16-20-28)23-11-13-27(14-12-23)33-31-21-17-25-7-3-5-9-29(25)34(31)37-35-30-10-6-4-8-26(30)18-22-32(33)35/h3-22,38H,1-2H3. The fraction of sp³-hybridized carbons (Fsp3) is 0.0833. The SMILES string of the molecule is CC(C)(O)c1ccc(-c2ccc(-c3c4ccc5ccccc5c4nc4c3ccc3ccccc34)cc2)cc1. The van der Waals surface area contributed by atoms with Gasteiger partial charge in [-0.2, -0.15) is 0 Å². The third-order valence-corrected chi connectivity index (χ3v) is 7.66. The van der Waals surface area contributed by atoms with Crippen LogP contribution in [0.15, 0.2) is 121 Å². The van der Waals surface area contributed by atoms with Crippen LogP contribution in [0.4, 0.5) is 0 Å². The van der Waals surface area contributed by atoms with E-state index < -0.39 is 5.60 Å². The van der Waals surface area contributed by atoms with E-state index in [4.69, 9.17) is 4.98 Å². The predicted octanol–water partition coefficient (Wildman–Crippen LogP) is 9.26. The molecule has 0 unspecified atom stereocenters. The summed E-state index contributed by atoms with van der Waals surface area (Å²) in [6.45, 7) is 3.62. The van der Waals surface area contributed by atoms with E-state index in [0.29, 0.717) is 0 Å². The monoisotopic (exact) mass is 489 g/mol. The number of rotatable bonds is 3. The van der Waals surface area contributed by atoms with E-state index in [1.54, 1.807) is 0 Å². The van der Waals surface area contributed by atoms with Gasteiger partial charge < -0.3 is 5.11 Å². The molecular formula is C36H27NO. The first kappa shape index (κ1) is 22.7. The maximum Gasteiger partial charge on any atom is 0.0840 e. The molecule has 7 rings (SSSR count). The second-order valence-corrected chi connectivity index (χ2v) is 10.6. The molecule has 38 heavy (non-hydrogen) atoms. The second-order valence-electron chi connectivity index (χ2n) is 10.6. The van der Waals surface area contributed by atoms with Crippen molar-refractivity contribution >= 4 is 43.4 Å². The summed E-state index contributed by atoms with van der Waals surface area (Å²) in [5.41, 5.74) is 6.80. The Labute approximate surface area is 221 Å². The summed E-state index contributed by atoms with van der Waals surface area (Å²) < 4.78 is 0. The van der Waals surface area contributed by atoms with Gasteiger partial charge in [0.2, 0.25) is 0 Å². The minimum Gasteiger partial charge on any atom is -0.386 e. The van der Waals surface area contributed by atoms with Crippen LogP contribution in [-0.4, -0.2) is 10.1 Å². The number of hydrogen-bond acceptors (Lipinski definition) is 2. The van der Waals surface area contributed by atoms with Crippen molar-refractivity contribution in [2.24, 2.45) is 0 Å². The van der Waals surface area contributed by atoms with Crippen LogP contribution < -0.4 is 0 Å². The zero-order valence-corrected chi connectivity index (χ0v) is 21.4. The number of hydrogen-bond donors (Lipinski definition) is 1. The summed E-state index contributed by atoms with van der Waals surface area (Å²) in [7, 11) is 0. The Bertz CT molecular complexity index is 1880. The quantitative estimate of drug-likeness (QED) is 0.198. The van der Waals surface area contributed by atoms with Gasteiger partial charge in [0.1, 0.15) is 0 Å². The van der Waals surface area contributed by atoms with Gasteiger partial charge in [-0.05, 0) is 46.9 Å². The lowest BCUT2D eigenvalue weighted by atomic mass is 9.91. The third kappa shape index (κ3) is 3.65. The van der Waals surface area contributed by atoms with Crippen LogP contribution in [0, 0.1) is 0 Å². The molecule has 0 saturated carbocycles. The number of benzene rings is 6. The molecule has 1 aromatic heterocycles. The van der Waals surface area contributed by atoms with E-state index in [-0.39, 0.29) is 0 Å². The summed E-state index contributed by atoms with van der Waals surface area (Å²) in [6, 6.07) is 42.8. The molecule has 0 aliphatic heterocycles. The minimum atomic E-state index is -0.847. The number of nitrogens with zero attached hydrogens (tertiary/aromatic N) is 1. The van der Waals surface area contributed by atoms with Gasteiger partial charge in [-0.3, -0.25) is 0 Å². The highest BCUT2D eigenvalue weighted by molar-refractivity contribution is 6.21. The van der Waals surface area contributed by atoms with Crippen molar-refractivity contribution in [2.75, 3.05) is 0 Å². The highest BCUT2D eigenvalue weighted by Crippen LogP contribution is 2.40. The van der Waals surface area contributed by atoms with Gasteiger partial charge >= 0.3 is 0 Å². The molecule has 0 spiro atoms. The number of fused-ring (bicyclic) bond motifs is 6. The normalized spacial score (nSPS) is 12.1. The minimum absolute atomic E-state index is 0.847. The molecule has 1 N–H and O–H groups in total. The van der Waals surface area contributed by atoms with Crippen molar-refractivity contribution < 1.29 is 5.11 Å². The van der Waals surface area contributed by atoms with E-state index in [1.807, 2.05) is 26.0 Å². The van der Waals surface area contributed by atoms with E-state index in [1.165, 1.54) is 32.7 Å². The molecular weight excluding hydrogens is 462 g/mol. The average Bonchev–Trinajstić information content (AvgIpc) is 2.95. The van der Waals surface area contributed by atoms with Gasteiger partial charge in [0.05, 0.1) is 16.6 Å². The second kappa shape index (κ2) is 8.51.